The zero-order valence-electron chi connectivity index (χ0n) is 7.86. The van der Waals surface area contributed by atoms with Gasteiger partial charge >= 0.3 is 6.18 Å². The first kappa shape index (κ1) is 12.2. The van der Waals surface area contributed by atoms with Gasteiger partial charge in [0.2, 0.25) is 0 Å². The molecule has 0 saturated heterocycles. The van der Waals surface area contributed by atoms with Crippen molar-refractivity contribution < 1.29 is 18.0 Å². The molecule has 0 heterocycles. The third kappa shape index (κ3) is 3.06. The summed E-state index contributed by atoms with van der Waals surface area (Å²) in [7, 11) is 0. The summed E-state index contributed by atoms with van der Waals surface area (Å²) >= 11 is 2.95. The molecule has 0 unspecified atom stereocenters. The Kier molecular flexibility index (Phi) is 3.54. The highest BCUT2D eigenvalue weighted by Gasteiger charge is 2.31. The molecule has 0 N–H and O–H groups in total. The molecule has 1 aromatic rings. The average Bonchev–Trinajstić information content (AvgIpc) is 2.14. The fraction of sp³-hybridized carbons (Fsp3) is 0.300. The summed E-state index contributed by atoms with van der Waals surface area (Å²) in [6, 6.07) is 3.21. The zero-order chi connectivity index (χ0) is 11.6. The van der Waals surface area contributed by atoms with Crippen molar-refractivity contribution in [1.29, 1.82) is 0 Å². The van der Waals surface area contributed by atoms with Gasteiger partial charge in [-0.25, -0.2) is 0 Å². The molecule has 0 amide bonds. The zero-order valence-corrected chi connectivity index (χ0v) is 9.45. The second-order valence-electron chi connectivity index (χ2n) is 3.00. The van der Waals surface area contributed by atoms with Crippen molar-refractivity contribution in [3.05, 3.63) is 33.8 Å². The van der Waals surface area contributed by atoms with Crippen molar-refractivity contribution in [3.8, 4) is 0 Å². The van der Waals surface area contributed by atoms with Gasteiger partial charge in [0.15, 0.2) is 5.78 Å². The molecule has 0 aliphatic rings. The molecule has 0 saturated carbocycles. The Labute approximate surface area is 93.4 Å². The number of halogens is 4. The topological polar surface area (TPSA) is 17.1 Å². The van der Waals surface area contributed by atoms with Gasteiger partial charge in [-0.3, -0.25) is 4.79 Å². The summed E-state index contributed by atoms with van der Waals surface area (Å²) in [6.07, 6.45) is -4.24. The lowest BCUT2D eigenvalue weighted by atomic mass is 10.1. The molecule has 1 rings (SSSR count). The number of rotatable bonds is 2. The quantitative estimate of drug-likeness (QED) is 0.747. The van der Waals surface area contributed by atoms with E-state index in [1.54, 1.807) is 6.92 Å². The van der Waals surface area contributed by atoms with E-state index in [1.807, 2.05) is 0 Å². The summed E-state index contributed by atoms with van der Waals surface area (Å²) < 4.78 is 37.4. The van der Waals surface area contributed by atoms with Gasteiger partial charge in [-0.15, -0.1) is 0 Å². The van der Waals surface area contributed by atoms with Gasteiger partial charge in [-0.1, -0.05) is 22.9 Å². The highest BCUT2D eigenvalue weighted by atomic mass is 79.9. The van der Waals surface area contributed by atoms with Gasteiger partial charge in [0.25, 0.3) is 0 Å². The van der Waals surface area contributed by atoms with Crippen LogP contribution in [0.2, 0.25) is 0 Å². The molecule has 0 radical (unpaired) electrons. The molecule has 5 heteroatoms. The maximum absolute atomic E-state index is 12.4. The smallest absolute Gasteiger partial charge is 0.294 e. The average molecular weight is 281 g/mol. The Morgan fingerprint density at radius 3 is 2.40 bits per heavy atom. The molecule has 0 spiro atoms. The van der Waals surface area contributed by atoms with Crippen molar-refractivity contribution in [2.45, 2.75) is 19.5 Å². The van der Waals surface area contributed by atoms with E-state index in [0.717, 1.165) is 12.1 Å². The molecule has 82 valence electrons. The minimum Gasteiger partial charge on any atom is -0.294 e. The number of ketones is 1. The molecule has 0 atom stereocenters. The second kappa shape index (κ2) is 4.35. The monoisotopic (exact) mass is 280 g/mol. The fourth-order valence-corrected chi connectivity index (χ4v) is 1.61. The van der Waals surface area contributed by atoms with E-state index < -0.39 is 11.7 Å². The van der Waals surface area contributed by atoms with Crippen LogP contribution in [0.25, 0.3) is 0 Å². The molecule has 0 aliphatic heterocycles. The summed E-state index contributed by atoms with van der Waals surface area (Å²) in [6.45, 7) is 1.61. The molecule has 0 aromatic heterocycles. The normalized spacial score (nSPS) is 11.5. The van der Waals surface area contributed by atoms with E-state index in [9.17, 15) is 18.0 Å². The molecular formula is C10H8BrF3O. The Morgan fingerprint density at radius 2 is 1.93 bits per heavy atom. The second-order valence-corrected chi connectivity index (χ2v) is 3.92. The number of alkyl halides is 3. The van der Waals surface area contributed by atoms with Crippen molar-refractivity contribution in [3.63, 3.8) is 0 Å². The Bertz CT molecular complexity index is 385. The third-order valence-corrected chi connectivity index (χ3v) is 2.33. The van der Waals surface area contributed by atoms with Crippen LogP contribution >= 0.6 is 15.9 Å². The lowest BCUT2D eigenvalue weighted by molar-refractivity contribution is -0.137. The first-order valence-electron chi connectivity index (χ1n) is 4.25. The van der Waals surface area contributed by atoms with Crippen LogP contribution in [0.3, 0.4) is 0 Å². The first-order valence-corrected chi connectivity index (χ1v) is 5.05. The maximum Gasteiger partial charge on any atom is 0.416 e. The molecule has 0 bridgehead atoms. The number of hydrogen-bond acceptors (Lipinski definition) is 1. The van der Waals surface area contributed by atoms with Gasteiger partial charge in [-0.2, -0.15) is 13.2 Å². The molecule has 1 aromatic carbocycles. The predicted molar refractivity (Wildman–Crippen MR) is 53.8 cm³/mol. The van der Waals surface area contributed by atoms with Crippen LogP contribution in [0.1, 0.15) is 29.3 Å². The van der Waals surface area contributed by atoms with Gasteiger partial charge in [0.1, 0.15) is 0 Å². The summed E-state index contributed by atoms with van der Waals surface area (Å²) in [4.78, 5) is 11.3. The van der Waals surface area contributed by atoms with Crippen LogP contribution in [-0.4, -0.2) is 5.78 Å². The van der Waals surface area contributed by atoms with E-state index in [0.29, 0.717) is 0 Å². The summed E-state index contributed by atoms with van der Waals surface area (Å²) in [5.41, 5.74) is -0.729. The van der Waals surface area contributed by atoms with Gasteiger partial charge < -0.3 is 0 Å². The Hall–Kier alpha value is -0.840. The largest absolute Gasteiger partial charge is 0.416 e. The van der Waals surface area contributed by atoms with E-state index in [1.165, 1.54) is 6.07 Å². The molecular weight excluding hydrogens is 273 g/mol. The maximum atomic E-state index is 12.4. The van der Waals surface area contributed by atoms with Gasteiger partial charge in [-0.05, 0) is 18.2 Å². The van der Waals surface area contributed by atoms with Crippen LogP contribution < -0.4 is 0 Å². The number of carbonyl (C=O) groups excluding carboxylic acids is 1. The number of hydrogen-bond donors (Lipinski definition) is 0. The fourth-order valence-electron chi connectivity index (χ4n) is 1.12. The molecule has 0 aliphatic carbocycles. The highest BCUT2D eigenvalue weighted by molar-refractivity contribution is 9.10. The lowest BCUT2D eigenvalue weighted by Crippen LogP contribution is -2.07. The van der Waals surface area contributed by atoms with Crippen LogP contribution in [0, 0.1) is 0 Å². The van der Waals surface area contributed by atoms with Crippen molar-refractivity contribution in [1.82, 2.24) is 0 Å². The van der Waals surface area contributed by atoms with Crippen molar-refractivity contribution >= 4 is 21.7 Å². The summed E-state index contributed by atoms with van der Waals surface area (Å²) in [5, 5.41) is 0. The van der Waals surface area contributed by atoms with Crippen LogP contribution in [0.4, 0.5) is 13.2 Å². The predicted octanol–water partition coefficient (Wildman–Crippen LogP) is 4.06. The van der Waals surface area contributed by atoms with E-state index in [-0.39, 0.29) is 22.2 Å². The minimum atomic E-state index is -4.42. The van der Waals surface area contributed by atoms with Crippen molar-refractivity contribution in [2.24, 2.45) is 0 Å². The SMILES string of the molecule is CCC(=O)c1cc(Br)cc(C(F)(F)F)c1. The number of benzene rings is 1. The lowest BCUT2D eigenvalue weighted by Gasteiger charge is -2.08. The Balaban J connectivity index is 3.23. The first-order chi connectivity index (χ1) is 6.84. The Morgan fingerprint density at radius 1 is 1.33 bits per heavy atom. The third-order valence-electron chi connectivity index (χ3n) is 1.87. The van der Waals surface area contributed by atoms with Crippen molar-refractivity contribution in [2.75, 3.05) is 0 Å². The molecule has 0 fully saturated rings. The standard InChI is InChI=1S/C10H8BrF3O/c1-2-9(15)6-3-7(10(12,13)14)5-8(11)4-6/h3-5H,2H2,1H3. The molecule has 1 nitrogen and oxygen atoms in total. The number of Topliss-reactive ketones (excluding diaryl/α,β-unsaturated/α-hetero) is 1. The van der Waals surface area contributed by atoms with Crippen LogP contribution in [0.5, 0.6) is 0 Å². The minimum absolute atomic E-state index is 0.0826. The molecule has 15 heavy (non-hydrogen) atoms. The van der Waals surface area contributed by atoms with Gasteiger partial charge in [0.05, 0.1) is 5.56 Å². The van der Waals surface area contributed by atoms with Gasteiger partial charge in [0, 0.05) is 16.5 Å². The summed E-state index contributed by atoms with van der Waals surface area (Å²) in [5.74, 6) is -0.304. The van der Waals surface area contributed by atoms with Crippen LogP contribution in [0.15, 0.2) is 22.7 Å². The van der Waals surface area contributed by atoms with E-state index in [4.69, 9.17) is 0 Å². The van der Waals surface area contributed by atoms with E-state index in [2.05, 4.69) is 15.9 Å². The van der Waals surface area contributed by atoms with E-state index >= 15 is 0 Å². The highest BCUT2D eigenvalue weighted by Crippen LogP contribution is 2.32. The van der Waals surface area contributed by atoms with Crippen LogP contribution in [-0.2, 0) is 6.18 Å². The number of carbonyl (C=O) groups is 1.